The van der Waals surface area contributed by atoms with Crippen LogP contribution >= 0.6 is 23.2 Å². The van der Waals surface area contributed by atoms with Gasteiger partial charge in [0.15, 0.2) is 5.82 Å². The lowest BCUT2D eigenvalue weighted by molar-refractivity contribution is 0.0575. The van der Waals surface area contributed by atoms with E-state index in [0.29, 0.717) is 16.1 Å². The van der Waals surface area contributed by atoms with Crippen molar-refractivity contribution < 1.29 is 4.74 Å². The third-order valence-corrected chi connectivity index (χ3v) is 2.18. The van der Waals surface area contributed by atoms with Gasteiger partial charge in [0.2, 0.25) is 0 Å². The summed E-state index contributed by atoms with van der Waals surface area (Å²) in [4.78, 5) is 8.14. The van der Waals surface area contributed by atoms with Gasteiger partial charge in [0, 0.05) is 13.2 Å². The molecule has 1 rings (SSSR count). The Morgan fingerprint density at radius 1 is 1.21 bits per heavy atom. The zero-order valence-corrected chi connectivity index (χ0v) is 9.80. The van der Waals surface area contributed by atoms with Crippen molar-refractivity contribution >= 4 is 23.2 Å². The van der Waals surface area contributed by atoms with E-state index < -0.39 is 0 Å². The maximum atomic E-state index is 5.76. The summed E-state index contributed by atoms with van der Waals surface area (Å²) >= 11 is 11.5. The van der Waals surface area contributed by atoms with E-state index in [1.165, 1.54) is 6.07 Å². The number of ether oxygens (including phenoxy) is 1. The molecule has 1 aromatic rings. The van der Waals surface area contributed by atoms with E-state index in [1.807, 2.05) is 13.8 Å². The average molecular weight is 235 g/mol. The lowest BCUT2D eigenvalue weighted by Crippen LogP contribution is -2.12. The quantitative estimate of drug-likeness (QED) is 0.755. The molecule has 14 heavy (non-hydrogen) atoms. The molecule has 1 aromatic heterocycles. The number of hydrogen-bond acceptors (Lipinski definition) is 3. The molecule has 0 radical (unpaired) electrons. The summed E-state index contributed by atoms with van der Waals surface area (Å²) in [5.41, 5.74) is 0. The first kappa shape index (κ1) is 11.7. The third kappa shape index (κ3) is 2.80. The zero-order chi connectivity index (χ0) is 10.7. The Morgan fingerprint density at radius 2 is 1.71 bits per heavy atom. The van der Waals surface area contributed by atoms with Gasteiger partial charge in [-0.05, 0) is 5.92 Å². The van der Waals surface area contributed by atoms with Crippen molar-refractivity contribution in [2.45, 2.75) is 20.0 Å². The summed E-state index contributed by atoms with van der Waals surface area (Å²) in [6.07, 6.45) is -0.175. The number of aromatic nitrogens is 2. The summed E-state index contributed by atoms with van der Waals surface area (Å²) < 4.78 is 5.27. The standard InChI is InChI=1S/C9H12Cl2N2O/c1-5(2)8(14-3)9-12-6(10)4-7(11)13-9/h4-5,8H,1-3H3. The van der Waals surface area contributed by atoms with Crippen LogP contribution in [-0.2, 0) is 4.74 Å². The monoisotopic (exact) mass is 234 g/mol. The van der Waals surface area contributed by atoms with Crippen LogP contribution in [0, 0.1) is 5.92 Å². The number of methoxy groups -OCH3 is 1. The molecular formula is C9H12Cl2N2O. The highest BCUT2D eigenvalue weighted by atomic mass is 35.5. The van der Waals surface area contributed by atoms with Crippen LogP contribution in [-0.4, -0.2) is 17.1 Å². The van der Waals surface area contributed by atoms with Gasteiger partial charge in [0.05, 0.1) is 0 Å². The van der Waals surface area contributed by atoms with Gasteiger partial charge in [0.1, 0.15) is 16.4 Å². The van der Waals surface area contributed by atoms with E-state index in [9.17, 15) is 0 Å². The Kier molecular flexibility index (Phi) is 4.11. The van der Waals surface area contributed by atoms with Gasteiger partial charge >= 0.3 is 0 Å². The van der Waals surface area contributed by atoms with Crippen molar-refractivity contribution in [2.75, 3.05) is 7.11 Å². The summed E-state index contributed by atoms with van der Waals surface area (Å²) in [7, 11) is 1.61. The zero-order valence-electron chi connectivity index (χ0n) is 8.29. The molecule has 0 spiro atoms. The van der Waals surface area contributed by atoms with Crippen LogP contribution in [0.5, 0.6) is 0 Å². The van der Waals surface area contributed by atoms with Crippen LogP contribution in [0.2, 0.25) is 10.3 Å². The Balaban J connectivity index is 3.04. The second kappa shape index (κ2) is 4.91. The second-order valence-corrected chi connectivity index (χ2v) is 4.05. The van der Waals surface area contributed by atoms with Crippen LogP contribution in [0.4, 0.5) is 0 Å². The van der Waals surface area contributed by atoms with Crippen LogP contribution < -0.4 is 0 Å². The van der Waals surface area contributed by atoms with E-state index in [0.717, 1.165) is 0 Å². The largest absolute Gasteiger partial charge is 0.373 e. The molecule has 0 bridgehead atoms. The molecule has 0 fully saturated rings. The van der Waals surface area contributed by atoms with Gasteiger partial charge in [-0.15, -0.1) is 0 Å². The van der Waals surface area contributed by atoms with E-state index in [-0.39, 0.29) is 12.0 Å². The first-order chi connectivity index (χ1) is 6.54. The summed E-state index contributed by atoms with van der Waals surface area (Å²) in [6, 6.07) is 1.50. The normalized spacial score (nSPS) is 13.3. The molecule has 1 unspecified atom stereocenters. The molecule has 0 aliphatic carbocycles. The number of halogens is 2. The second-order valence-electron chi connectivity index (χ2n) is 3.27. The smallest absolute Gasteiger partial charge is 0.160 e. The minimum absolute atomic E-state index is 0.175. The molecule has 0 saturated heterocycles. The minimum atomic E-state index is -0.175. The molecule has 0 amide bonds. The van der Waals surface area contributed by atoms with E-state index >= 15 is 0 Å². The average Bonchev–Trinajstić information content (AvgIpc) is 2.02. The molecule has 0 saturated carbocycles. The van der Waals surface area contributed by atoms with Crippen molar-refractivity contribution in [3.63, 3.8) is 0 Å². The maximum absolute atomic E-state index is 5.76. The molecule has 3 nitrogen and oxygen atoms in total. The summed E-state index contributed by atoms with van der Waals surface area (Å²) in [5.74, 6) is 0.800. The predicted octanol–water partition coefficient (Wildman–Crippen LogP) is 3.13. The van der Waals surface area contributed by atoms with Gasteiger partial charge in [-0.3, -0.25) is 0 Å². The minimum Gasteiger partial charge on any atom is -0.373 e. The Labute approximate surface area is 93.4 Å². The van der Waals surface area contributed by atoms with Crippen LogP contribution in [0.3, 0.4) is 0 Å². The number of hydrogen-bond donors (Lipinski definition) is 0. The Bertz CT molecular complexity index is 297. The van der Waals surface area contributed by atoms with E-state index in [4.69, 9.17) is 27.9 Å². The summed E-state index contributed by atoms with van der Waals surface area (Å²) in [6.45, 7) is 4.04. The molecule has 0 N–H and O–H groups in total. The topological polar surface area (TPSA) is 35.0 Å². The molecule has 1 heterocycles. The van der Waals surface area contributed by atoms with Crippen molar-refractivity contribution in [3.05, 3.63) is 22.2 Å². The van der Waals surface area contributed by atoms with Crippen molar-refractivity contribution in [2.24, 2.45) is 5.92 Å². The SMILES string of the molecule is COC(c1nc(Cl)cc(Cl)n1)C(C)C. The Morgan fingerprint density at radius 3 is 2.07 bits per heavy atom. The van der Waals surface area contributed by atoms with Gasteiger partial charge in [-0.1, -0.05) is 37.0 Å². The third-order valence-electron chi connectivity index (χ3n) is 1.79. The van der Waals surface area contributed by atoms with Crippen molar-refractivity contribution in [1.82, 2.24) is 9.97 Å². The van der Waals surface area contributed by atoms with Crippen LogP contribution in [0.25, 0.3) is 0 Å². The molecule has 0 aliphatic rings. The maximum Gasteiger partial charge on any atom is 0.160 e. The van der Waals surface area contributed by atoms with Gasteiger partial charge in [-0.25, -0.2) is 9.97 Å². The van der Waals surface area contributed by atoms with Gasteiger partial charge < -0.3 is 4.74 Å². The van der Waals surface area contributed by atoms with Gasteiger partial charge in [-0.2, -0.15) is 0 Å². The van der Waals surface area contributed by atoms with Crippen LogP contribution in [0.1, 0.15) is 25.8 Å². The highest BCUT2D eigenvalue weighted by Gasteiger charge is 2.18. The fourth-order valence-corrected chi connectivity index (χ4v) is 1.65. The Hall–Kier alpha value is -0.380. The molecule has 78 valence electrons. The lowest BCUT2D eigenvalue weighted by atomic mass is 10.1. The number of nitrogens with zero attached hydrogens (tertiary/aromatic N) is 2. The van der Waals surface area contributed by atoms with Crippen LogP contribution in [0.15, 0.2) is 6.07 Å². The molecule has 0 aromatic carbocycles. The van der Waals surface area contributed by atoms with Gasteiger partial charge in [0.25, 0.3) is 0 Å². The molecular weight excluding hydrogens is 223 g/mol. The lowest BCUT2D eigenvalue weighted by Gasteiger charge is -2.17. The number of rotatable bonds is 3. The highest BCUT2D eigenvalue weighted by Crippen LogP contribution is 2.24. The highest BCUT2D eigenvalue weighted by molar-refractivity contribution is 6.33. The predicted molar refractivity (Wildman–Crippen MR) is 56.6 cm³/mol. The van der Waals surface area contributed by atoms with Crippen molar-refractivity contribution in [3.8, 4) is 0 Å². The summed E-state index contributed by atoms with van der Waals surface area (Å²) in [5, 5.41) is 0.672. The first-order valence-electron chi connectivity index (χ1n) is 4.27. The molecule has 5 heteroatoms. The van der Waals surface area contributed by atoms with E-state index in [1.54, 1.807) is 7.11 Å². The fourth-order valence-electron chi connectivity index (χ4n) is 1.21. The van der Waals surface area contributed by atoms with Crippen molar-refractivity contribution in [1.29, 1.82) is 0 Å². The fraction of sp³-hybridized carbons (Fsp3) is 0.556. The molecule has 0 aliphatic heterocycles. The molecule has 1 atom stereocenters. The van der Waals surface area contributed by atoms with E-state index in [2.05, 4.69) is 9.97 Å². The first-order valence-corrected chi connectivity index (χ1v) is 5.03.